The van der Waals surface area contributed by atoms with Crippen LogP contribution < -0.4 is 0 Å². The molecule has 216 valence electrons. The molecule has 0 aliphatic carbocycles. The molecule has 9 heteroatoms. The number of hydrogen-bond donors (Lipinski definition) is 0. The van der Waals surface area contributed by atoms with E-state index < -0.39 is 6.97 Å². The molecule has 2 aliphatic rings. The van der Waals surface area contributed by atoms with Crippen LogP contribution in [0.1, 0.15) is 67.4 Å². The van der Waals surface area contributed by atoms with Gasteiger partial charge in [-0.25, -0.2) is 15.0 Å². The Kier molecular flexibility index (Phi) is 6.13. The zero-order chi connectivity index (χ0) is 30.2. The van der Waals surface area contributed by atoms with Crippen LogP contribution in [-0.2, 0) is 6.42 Å². The Morgan fingerprint density at radius 2 is 1.65 bits per heavy atom. The highest BCUT2D eigenvalue weighted by Crippen LogP contribution is 2.44. The molecule has 0 saturated heterocycles. The summed E-state index contributed by atoms with van der Waals surface area (Å²) in [6.45, 7) is 7.60. The fraction of sp³-hybridized carbons (Fsp3) is 0.235. The molecule has 6 nitrogen and oxygen atoms in total. The third-order valence-corrected chi connectivity index (χ3v) is 8.70. The van der Waals surface area contributed by atoms with E-state index in [4.69, 9.17) is 0 Å². The van der Waals surface area contributed by atoms with Gasteiger partial charge in [0.15, 0.2) is 11.3 Å². The van der Waals surface area contributed by atoms with Gasteiger partial charge in [-0.2, -0.15) is 0 Å². The van der Waals surface area contributed by atoms with Gasteiger partial charge < -0.3 is 22.2 Å². The molecule has 3 aromatic heterocycles. The van der Waals surface area contributed by atoms with Crippen molar-refractivity contribution in [2.75, 3.05) is 0 Å². The van der Waals surface area contributed by atoms with Crippen LogP contribution in [0.4, 0.5) is 8.63 Å². The second kappa shape index (κ2) is 9.69. The van der Waals surface area contributed by atoms with E-state index >= 15 is 8.63 Å². The summed E-state index contributed by atoms with van der Waals surface area (Å²) in [6.07, 6.45) is 6.01. The summed E-state index contributed by atoms with van der Waals surface area (Å²) in [5.74, 6) is 0. The summed E-state index contributed by atoms with van der Waals surface area (Å²) in [5.41, 5.74) is 11.6. The smallest absolute Gasteiger partial charge is 0.393 e. The summed E-state index contributed by atoms with van der Waals surface area (Å²) in [6, 6.07) is 18.8. The van der Waals surface area contributed by atoms with E-state index in [-0.39, 0.29) is 6.04 Å². The number of benzene rings is 2. The topological polar surface area (TPSA) is 51.5 Å². The fourth-order valence-electron chi connectivity index (χ4n) is 6.87. The Bertz CT molecular complexity index is 2040. The second-order valence-corrected chi connectivity index (χ2v) is 12.1. The third kappa shape index (κ3) is 4.13. The van der Waals surface area contributed by atoms with Crippen LogP contribution in [0.2, 0.25) is 0 Å². The van der Waals surface area contributed by atoms with Crippen molar-refractivity contribution in [1.82, 2.24) is 24.0 Å². The standard InChI is InChI=1S/C34H33BF2N6/c1-20(2)41-19-40-31-30(38-18-39-34(31)41)28-9-7-8-26(17-28)16-25-10-12-27(13-11-25)29-32-21(3)14-23(5)42(32)35(36,37)43-24(6)15-22(4)33(29)43/h7-15,17-20H,16H2,1-6H3. The molecule has 0 atom stereocenters. The summed E-state index contributed by atoms with van der Waals surface area (Å²) in [7, 11) is 0. The maximum Gasteiger partial charge on any atom is 0.737 e. The van der Waals surface area contributed by atoms with Gasteiger partial charge in [0.25, 0.3) is 0 Å². The molecule has 43 heavy (non-hydrogen) atoms. The summed E-state index contributed by atoms with van der Waals surface area (Å²) in [5, 5.41) is 0. The quantitative estimate of drug-likeness (QED) is 0.204. The van der Waals surface area contributed by atoms with Gasteiger partial charge in [-0.3, -0.25) is 0 Å². The molecular formula is C34H33BF2N6. The van der Waals surface area contributed by atoms with Gasteiger partial charge in [0.1, 0.15) is 23.2 Å². The van der Waals surface area contributed by atoms with Crippen molar-refractivity contribution in [1.29, 1.82) is 0 Å². The maximum absolute atomic E-state index is 16.0. The fourth-order valence-corrected chi connectivity index (χ4v) is 6.87. The molecule has 0 saturated carbocycles. The van der Waals surface area contributed by atoms with Gasteiger partial charge >= 0.3 is 6.97 Å². The molecule has 5 aromatic rings. The maximum atomic E-state index is 16.0. The molecule has 7 rings (SSSR count). The van der Waals surface area contributed by atoms with Crippen molar-refractivity contribution in [3.05, 3.63) is 118 Å². The summed E-state index contributed by atoms with van der Waals surface area (Å²) in [4.78, 5) is 13.7. The lowest BCUT2D eigenvalue weighted by atomic mass is 9.83. The SMILES string of the molecule is CC1=CC(C)=[N+]2C1=C(c1ccc(Cc3cccc(-c4ncnc5c4ncn5C(C)C)c3)cc1)c1c(C)cc(C)n1[B-]2(F)F. The largest absolute Gasteiger partial charge is 0.737 e. The van der Waals surface area contributed by atoms with Crippen LogP contribution in [0, 0.1) is 13.8 Å². The number of aromatic nitrogens is 5. The molecule has 0 bridgehead atoms. The van der Waals surface area contributed by atoms with Gasteiger partial charge in [0, 0.05) is 35.9 Å². The Morgan fingerprint density at radius 3 is 2.40 bits per heavy atom. The number of nitrogens with zero attached hydrogens (tertiary/aromatic N) is 6. The van der Waals surface area contributed by atoms with Crippen LogP contribution in [0.5, 0.6) is 0 Å². The van der Waals surface area contributed by atoms with Gasteiger partial charge in [0.05, 0.1) is 11.9 Å². The first-order valence-corrected chi connectivity index (χ1v) is 14.7. The summed E-state index contributed by atoms with van der Waals surface area (Å²) >= 11 is 0. The van der Waals surface area contributed by atoms with Crippen molar-refractivity contribution in [3.8, 4) is 11.3 Å². The van der Waals surface area contributed by atoms with E-state index in [0.29, 0.717) is 22.8 Å². The van der Waals surface area contributed by atoms with Crippen molar-refractivity contribution < 1.29 is 13.1 Å². The number of hydrogen-bond acceptors (Lipinski definition) is 3. The minimum atomic E-state index is -3.99. The average Bonchev–Trinajstić information content (AvgIpc) is 3.63. The molecule has 5 heterocycles. The molecule has 0 N–H and O–H groups in total. The Balaban J connectivity index is 1.25. The van der Waals surface area contributed by atoms with Crippen LogP contribution in [0.3, 0.4) is 0 Å². The Labute approximate surface area is 249 Å². The van der Waals surface area contributed by atoms with E-state index in [9.17, 15) is 0 Å². The predicted molar refractivity (Wildman–Crippen MR) is 168 cm³/mol. The van der Waals surface area contributed by atoms with Gasteiger partial charge in [-0.05, 0) is 81.1 Å². The molecule has 0 fully saturated rings. The number of imidazole rings is 1. The van der Waals surface area contributed by atoms with Crippen LogP contribution >= 0.6 is 0 Å². The highest BCUT2D eigenvalue weighted by Gasteiger charge is 2.55. The number of allylic oxidation sites excluding steroid dienone is 2. The minimum absolute atomic E-state index is 0.251. The van der Waals surface area contributed by atoms with Crippen molar-refractivity contribution in [2.24, 2.45) is 0 Å². The highest BCUT2D eigenvalue weighted by atomic mass is 19.2. The lowest BCUT2D eigenvalue weighted by molar-refractivity contribution is -0.363. The van der Waals surface area contributed by atoms with E-state index in [1.165, 1.54) is 8.96 Å². The number of rotatable bonds is 5. The van der Waals surface area contributed by atoms with Crippen molar-refractivity contribution >= 4 is 29.4 Å². The predicted octanol–water partition coefficient (Wildman–Crippen LogP) is 7.51. The van der Waals surface area contributed by atoms with Crippen molar-refractivity contribution in [3.63, 3.8) is 0 Å². The second-order valence-electron chi connectivity index (χ2n) is 12.1. The average molecular weight is 574 g/mol. The first kappa shape index (κ1) is 27.2. The number of aryl methyl sites for hydroxylation is 2. The van der Waals surface area contributed by atoms with Crippen LogP contribution in [-0.4, -0.2) is 41.2 Å². The van der Waals surface area contributed by atoms with E-state index in [1.807, 2.05) is 38.4 Å². The monoisotopic (exact) mass is 574 g/mol. The molecule has 0 radical (unpaired) electrons. The first-order valence-electron chi connectivity index (χ1n) is 14.7. The zero-order valence-electron chi connectivity index (χ0n) is 25.2. The normalized spacial score (nSPS) is 15.9. The molecule has 2 aromatic carbocycles. The highest BCUT2D eigenvalue weighted by molar-refractivity contribution is 6.58. The van der Waals surface area contributed by atoms with E-state index in [0.717, 1.165) is 62.2 Å². The molecule has 0 spiro atoms. The van der Waals surface area contributed by atoms with Crippen LogP contribution in [0.25, 0.3) is 28.0 Å². The molecule has 0 amide bonds. The van der Waals surface area contributed by atoms with E-state index in [1.54, 1.807) is 20.2 Å². The molecule has 2 aliphatic heterocycles. The van der Waals surface area contributed by atoms with Gasteiger partial charge in [-0.1, -0.05) is 42.5 Å². The van der Waals surface area contributed by atoms with Gasteiger partial charge in [-0.15, -0.1) is 0 Å². The first-order chi connectivity index (χ1) is 20.6. The molecular weight excluding hydrogens is 541 g/mol. The van der Waals surface area contributed by atoms with Gasteiger partial charge in [0.2, 0.25) is 0 Å². The summed E-state index contributed by atoms with van der Waals surface area (Å²) < 4.78 is 36.5. The van der Waals surface area contributed by atoms with Crippen molar-refractivity contribution in [2.45, 2.75) is 54.0 Å². The third-order valence-electron chi connectivity index (χ3n) is 8.70. The number of halogens is 2. The number of fused-ring (bicyclic) bond motifs is 3. The zero-order valence-corrected chi connectivity index (χ0v) is 25.2. The Hall–Kier alpha value is -4.66. The Morgan fingerprint density at radius 1 is 0.884 bits per heavy atom. The van der Waals surface area contributed by atoms with Crippen LogP contribution in [0.15, 0.2) is 84.6 Å². The molecule has 0 unspecified atom stereocenters. The lowest BCUT2D eigenvalue weighted by Gasteiger charge is -2.34. The minimum Gasteiger partial charge on any atom is -0.393 e. The lowest BCUT2D eigenvalue weighted by Crippen LogP contribution is -2.51. The van der Waals surface area contributed by atoms with E-state index in [2.05, 4.69) is 75.8 Å².